The van der Waals surface area contributed by atoms with Gasteiger partial charge in [-0.15, -0.1) is 0 Å². The monoisotopic (exact) mass is 298 g/mol. The highest BCUT2D eigenvalue weighted by molar-refractivity contribution is 5.92. The molecule has 1 aromatic heterocycles. The van der Waals surface area contributed by atoms with E-state index in [9.17, 15) is 4.79 Å². The number of nitrogens with one attached hydrogen (secondary N) is 1. The van der Waals surface area contributed by atoms with Gasteiger partial charge in [0.15, 0.2) is 0 Å². The Labute approximate surface area is 131 Å². The zero-order valence-corrected chi connectivity index (χ0v) is 13.1. The van der Waals surface area contributed by atoms with Gasteiger partial charge in [0.25, 0.3) is 5.91 Å². The van der Waals surface area contributed by atoms with Gasteiger partial charge < -0.3 is 10.2 Å². The molecule has 2 aromatic rings. The predicted octanol–water partition coefficient (Wildman–Crippen LogP) is 2.30. The fourth-order valence-electron chi connectivity index (χ4n) is 2.19. The molecule has 5 heteroatoms. The highest BCUT2D eigenvalue weighted by atomic mass is 16.1. The van der Waals surface area contributed by atoms with Gasteiger partial charge in [0, 0.05) is 25.8 Å². The summed E-state index contributed by atoms with van der Waals surface area (Å²) >= 11 is 0. The zero-order valence-electron chi connectivity index (χ0n) is 13.1. The lowest BCUT2D eigenvalue weighted by Crippen LogP contribution is -2.29. The molecule has 0 bridgehead atoms. The number of hydrogen-bond donors (Lipinski definition) is 1. The van der Waals surface area contributed by atoms with Gasteiger partial charge in [-0.3, -0.25) is 4.79 Å². The molecule has 0 fully saturated rings. The minimum Gasteiger partial charge on any atom is -0.350 e. The molecule has 1 N–H and O–H groups in total. The first-order valence-electron chi connectivity index (χ1n) is 7.64. The lowest BCUT2D eigenvalue weighted by atomic mass is 10.1. The summed E-state index contributed by atoms with van der Waals surface area (Å²) in [7, 11) is 0. The van der Waals surface area contributed by atoms with Crippen LogP contribution >= 0.6 is 0 Å². The van der Waals surface area contributed by atoms with E-state index >= 15 is 0 Å². The van der Waals surface area contributed by atoms with Gasteiger partial charge >= 0.3 is 0 Å². The zero-order chi connectivity index (χ0) is 15.8. The molecule has 0 atom stereocenters. The Balaban J connectivity index is 1.93. The fourth-order valence-corrected chi connectivity index (χ4v) is 2.19. The number of aromatic nitrogens is 2. The van der Waals surface area contributed by atoms with Crippen LogP contribution in [0.15, 0.2) is 42.6 Å². The molecule has 2 rings (SSSR count). The summed E-state index contributed by atoms with van der Waals surface area (Å²) in [5, 5.41) is 2.90. The van der Waals surface area contributed by atoms with Gasteiger partial charge in [-0.25, -0.2) is 9.97 Å². The highest BCUT2D eigenvalue weighted by Crippen LogP contribution is 2.07. The Bertz CT molecular complexity index is 597. The summed E-state index contributed by atoms with van der Waals surface area (Å²) in [6.45, 7) is 6.30. The van der Waals surface area contributed by atoms with Crippen LogP contribution in [0.4, 0.5) is 5.95 Å². The molecule has 22 heavy (non-hydrogen) atoms. The Hall–Kier alpha value is -2.43. The number of amides is 1. The van der Waals surface area contributed by atoms with E-state index in [1.165, 1.54) is 5.56 Å². The summed E-state index contributed by atoms with van der Waals surface area (Å²) < 4.78 is 0. The normalized spacial score (nSPS) is 10.3. The summed E-state index contributed by atoms with van der Waals surface area (Å²) in [5.41, 5.74) is 1.61. The average molecular weight is 298 g/mol. The third-order valence-electron chi connectivity index (χ3n) is 3.46. The van der Waals surface area contributed by atoms with E-state index < -0.39 is 0 Å². The Morgan fingerprint density at radius 3 is 2.55 bits per heavy atom. The lowest BCUT2D eigenvalue weighted by Gasteiger charge is -2.18. The third-order valence-corrected chi connectivity index (χ3v) is 3.46. The largest absolute Gasteiger partial charge is 0.350 e. The van der Waals surface area contributed by atoms with E-state index in [0.29, 0.717) is 18.2 Å². The van der Waals surface area contributed by atoms with Gasteiger partial charge in [0.1, 0.15) is 5.69 Å². The molecule has 0 saturated carbocycles. The van der Waals surface area contributed by atoms with Crippen LogP contribution in [0.2, 0.25) is 0 Å². The average Bonchev–Trinajstić information content (AvgIpc) is 2.57. The summed E-state index contributed by atoms with van der Waals surface area (Å²) in [4.78, 5) is 22.8. The second-order valence-electron chi connectivity index (χ2n) is 4.91. The first-order chi connectivity index (χ1) is 10.7. The fraction of sp³-hybridized carbons (Fsp3) is 0.353. The van der Waals surface area contributed by atoms with Gasteiger partial charge in [-0.1, -0.05) is 30.3 Å². The lowest BCUT2D eigenvalue weighted by molar-refractivity contribution is 0.0949. The maximum Gasteiger partial charge on any atom is 0.270 e. The van der Waals surface area contributed by atoms with Crippen molar-refractivity contribution in [1.29, 1.82) is 0 Å². The Morgan fingerprint density at radius 1 is 1.14 bits per heavy atom. The number of carbonyl (C=O) groups excluding carboxylic acids is 1. The number of anilines is 1. The topological polar surface area (TPSA) is 58.1 Å². The number of rotatable bonds is 7. The summed E-state index contributed by atoms with van der Waals surface area (Å²) in [5.74, 6) is 0.437. The van der Waals surface area contributed by atoms with E-state index in [1.54, 1.807) is 12.3 Å². The molecule has 5 nitrogen and oxygen atoms in total. The molecule has 0 aliphatic carbocycles. The summed E-state index contributed by atoms with van der Waals surface area (Å²) in [6, 6.07) is 11.7. The maximum atomic E-state index is 12.2. The molecule has 0 spiro atoms. The third kappa shape index (κ3) is 4.28. The maximum absolute atomic E-state index is 12.2. The molecular weight excluding hydrogens is 276 g/mol. The van der Waals surface area contributed by atoms with Crippen molar-refractivity contribution in [3.63, 3.8) is 0 Å². The Morgan fingerprint density at radius 2 is 1.86 bits per heavy atom. The van der Waals surface area contributed by atoms with E-state index in [2.05, 4.69) is 27.4 Å². The van der Waals surface area contributed by atoms with E-state index in [4.69, 9.17) is 0 Å². The molecule has 116 valence electrons. The molecule has 0 aliphatic heterocycles. The Kier molecular flexibility index (Phi) is 5.89. The van der Waals surface area contributed by atoms with Crippen molar-refractivity contribution in [1.82, 2.24) is 15.3 Å². The van der Waals surface area contributed by atoms with Crippen molar-refractivity contribution in [2.24, 2.45) is 0 Å². The molecule has 0 radical (unpaired) electrons. The van der Waals surface area contributed by atoms with Crippen LogP contribution in [-0.2, 0) is 6.42 Å². The van der Waals surface area contributed by atoms with E-state index in [-0.39, 0.29) is 5.91 Å². The molecule has 1 amide bonds. The van der Waals surface area contributed by atoms with E-state index in [0.717, 1.165) is 19.5 Å². The van der Waals surface area contributed by atoms with Crippen LogP contribution in [0.3, 0.4) is 0 Å². The summed E-state index contributed by atoms with van der Waals surface area (Å²) in [6.07, 6.45) is 2.44. The number of benzene rings is 1. The highest BCUT2D eigenvalue weighted by Gasteiger charge is 2.11. The predicted molar refractivity (Wildman–Crippen MR) is 88.1 cm³/mol. The van der Waals surface area contributed by atoms with Crippen LogP contribution in [0.1, 0.15) is 29.9 Å². The van der Waals surface area contributed by atoms with Crippen molar-refractivity contribution in [2.45, 2.75) is 20.3 Å². The minimum absolute atomic E-state index is 0.160. The van der Waals surface area contributed by atoms with Crippen molar-refractivity contribution >= 4 is 11.9 Å². The van der Waals surface area contributed by atoms with Gasteiger partial charge in [-0.05, 0) is 31.9 Å². The van der Waals surface area contributed by atoms with Crippen molar-refractivity contribution in [3.8, 4) is 0 Å². The molecule has 0 aliphatic rings. The number of carbonyl (C=O) groups is 1. The smallest absolute Gasteiger partial charge is 0.270 e. The van der Waals surface area contributed by atoms with Crippen molar-refractivity contribution in [3.05, 3.63) is 53.9 Å². The van der Waals surface area contributed by atoms with Crippen LogP contribution < -0.4 is 10.2 Å². The van der Waals surface area contributed by atoms with Crippen LogP contribution in [0.25, 0.3) is 0 Å². The van der Waals surface area contributed by atoms with Crippen LogP contribution in [0, 0.1) is 0 Å². The van der Waals surface area contributed by atoms with Crippen LogP contribution in [0.5, 0.6) is 0 Å². The second-order valence-corrected chi connectivity index (χ2v) is 4.91. The minimum atomic E-state index is -0.160. The standard InChI is InChI=1S/C17H22N4O/c1-3-21(4-2)17-19-13-11-15(20-17)16(22)18-12-10-14-8-6-5-7-9-14/h5-9,11,13H,3-4,10,12H2,1-2H3,(H,18,22). The quantitative estimate of drug-likeness (QED) is 0.852. The van der Waals surface area contributed by atoms with Gasteiger partial charge in [0.05, 0.1) is 0 Å². The SMILES string of the molecule is CCN(CC)c1nccc(C(=O)NCCc2ccccc2)n1. The van der Waals surface area contributed by atoms with Gasteiger partial charge in [0.2, 0.25) is 5.95 Å². The van der Waals surface area contributed by atoms with Crippen molar-refractivity contribution < 1.29 is 4.79 Å². The van der Waals surface area contributed by atoms with E-state index in [1.807, 2.05) is 36.9 Å². The van der Waals surface area contributed by atoms with Crippen LogP contribution in [-0.4, -0.2) is 35.5 Å². The number of hydrogen-bond acceptors (Lipinski definition) is 4. The van der Waals surface area contributed by atoms with Gasteiger partial charge in [-0.2, -0.15) is 0 Å². The van der Waals surface area contributed by atoms with Crippen molar-refractivity contribution in [2.75, 3.05) is 24.5 Å². The second kappa shape index (κ2) is 8.12. The first-order valence-corrected chi connectivity index (χ1v) is 7.64. The molecule has 0 unspecified atom stereocenters. The molecule has 0 saturated heterocycles. The number of nitrogens with zero attached hydrogens (tertiary/aromatic N) is 3. The molecule has 1 heterocycles. The first kappa shape index (κ1) is 15.9. The molecular formula is C17H22N4O. The molecule has 1 aromatic carbocycles.